The van der Waals surface area contributed by atoms with Gasteiger partial charge in [0.05, 0.1) is 23.3 Å². The fraction of sp³-hybridized carbons (Fsp3) is 0.176. The van der Waals surface area contributed by atoms with Gasteiger partial charge in [-0.2, -0.15) is 10.5 Å². The van der Waals surface area contributed by atoms with Crippen LogP contribution in [0, 0.1) is 28.5 Å². The van der Waals surface area contributed by atoms with Gasteiger partial charge in [-0.25, -0.2) is 4.39 Å². The molecule has 0 unspecified atom stereocenters. The van der Waals surface area contributed by atoms with Gasteiger partial charge in [0.15, 0.2) is 0 Å². The second kappa shape index (κ2) is 7.07. The molecule has 1 N–H and O–H groups in total. The number of hydrogen-bond acceptors (Lipinski definition) is 3. The van der Waals surface area contributed by atoms with Crippen molar-refractivity contribution in [3.8, 4) is 12.1 Å². The van der Waals surface area contributed by atoms with Gasteiger partial charge < -0.3 is 5.32 Å². The second-order valence-electron chi connectivity index (χ2n) is 4.73. The number of benzene rings is 2. The molecule has 0 aliphatic heterocycles. The van der Waals surface area contributed by atoms with Crippen LogP contribution in [0.25, 0.3) is 0 Å². The van der Waals surface area contributed by atoms with Crippen LogP contribution in [0.1, 0.15) is 24.0 Å². The fourth-order valence-electron chi connectivity index (χ4n) is 1.63. The van der Waals surface area contributed by atoms with Crippen molar-refractivity contribution in [1.29, 1.82) is 10.5 Å². The van der Waals surface area contributed by atoms with Crippen LogP contribution in [0.2, 0.25) is 0 Å². The Labute approximate surface area is 123 Å². The van der Waals surface area contributed by atoms with E-state index in [-0.39, 0.29) is 5.82 Å². The quantitative estimate of drug-likeness (QED) is 0.908. The summed E-state index contributed by atoms with van der Waals surface area (Å²) in [5.41, 5.74) is 2.32. The lowest BCUT2D eigenvalue weighted by atomic mass is 10.2. The van der Waals surface area contributed by atoms with E-state index < -0.39 is 0 Å². The van der Waals surface area contributed by atoms with Crippen LogP contribution in [0.5, 0.6) is 0 Å². The lowest BCUT2D eigenvalue weighted by molar-refractivity contribution is 0.627. The van der Waals surface area contributed by atoms with Gasteiger partial charge in [0.2, 0.25) is 0 Å². The van der Waals surface area contributed by atoms with Crippen LogP contribution < -0.4 is 5.32 Å². The summed E-state index contributed by atoms with van der Waals surface area (Å²) in [6.45, 7) is 0. The first-order chi connectivity index (χ1) is 10.2. The van der Waals surface area contributed by atoms with E-state index in [0.29, 0.717) is 11.6 Å². The van der Waals surface area contributed by atoms with Crippen LogP contribution in [0.4, 0.5) is 10.1 Å². The summed E-state index contributed by atoms with van der Waals surface area (Å²) in [7, 11) is 0. The summed E-state index contributed by atoms with van der Waals surface area (Å²) < 4.78 is 12.1. The molecule has 3 nitrogen and oxygen atoms in total. The lowest BCUT2D eigenvalue weighted by Gasteiger charge is -2.02. The Morgan fingerprint density at radius 1 is 0.857 bits per heavy atom. The van der Waals surface area contributed by atoms with Crippen molar-refractivity contribution in [2.45, 2.75) is 18.9 Å². The monoisotopic (exact) mass is 279 g/mol. The molecule has 0 amide bonds. The number of nitrogens with zero attached hydrogens (tertiary/aromatic N) is 2. The molecule has 0 saturated heterocycles. The molecule has 21 heavy (non-hydrogen) atoms. The highest BCUT2D eigenvalue weighted by molar-refractivity contribution is 5.48. The third kappa shape index (κ3) is 4.97. The van der Waals surface area contributed by atoms with Crippen molar-refractivity contribution in [3.05, 3.63) is 65.5 Å². The largest absolute Gasteiger partial charge is 0.382 e. The maximum absolute atomic E-state index is 12.1. The third-order valence-electron chi connectivity index (χ3n) is 2.94. The molecular weight excluding hydrogens is 265 g/mol. The van der Waals surface area contributed by atoms with Gasteiger partial charge in [0, 0.05) is 11.7 Å². The summed E-state index contributed by atoms with van der Waals surface area (Å²) in [6.07, 6.45) is 2.56. The number of anilines is 1. The van der Waals surface area contributed by atoms with Gasteiger partial charge in [-0.3, -0.25) is 0 Å². The summed E-state index contributed by atoms with van der Waals surface area (Å²) in [5, 5.41) is 20.2. The van der Waals surface area contributed by atoms with Crippen molar-refractivity contribution in [2.75, 3.05) is 5.32 Å². The van der Waals surface area contributed by atoms with E-state index in [9.17, 15) is 4.39 Å². The van der Waals surface area contributed by atoms with E-state index in [1.807, 2.05) is 30.3 Å². The predicted molar refractivity (Wildman–Crippen MR) is 78.9 cm³/mol. The van der Waals surface area contributed by atoms with Gasteiger partial charge in [-0.15, -0.1) is 0 Å². The number of rotatable bonds is 2. The van der Waals surface area contributed by atoms with Crippen molar-refractivity contribution >= 4 is 5.69 Å². The van der Waals surface area contributed by atoms with Crippen LogP contribution in [-0.2, 0) is 0 Å². The summed E-state index contributed by atoms with van der Waals surface area (Å²) in [5.74, 6) is -0.311. The fourth-order valence-corrected chi connectivity index (χ4v) is 1.63. The summed E-state index contributed by atoms with van der Waals surface area (Å²) in [6, 6.07) is 17.7. The Morgan fingerprint density at radius 3 is 1.76 bits per heavy atom. The predicted octanol–water partition coefficient (Wildman–Crippen LogP) is 3.83. The first kappa shape index (κ1) is 14.6. The van der Waals surface area contributed by atoms with Crippen molar-refractivity contribution in [2.24, 2.45) is 0 Å². The highest BCUT2D eigenvalue weighted by atomic mass is 19.1. The molecule has 1 saturated carbocycles. The van der Waals surface area contributed by atoms with E-state index in [4.69, 9.17) is 10.5 Å². The normalized spacial score (nSPS) is 12.3. The molecule has 104 valence electrons. The second-order valence-corrected chi connectivity index (χ2v) is 4.73. The molecular formula is C17H14FN3. The molecule has 2 aromatic carbocycles. The molecule has 0 heterocycles. The van der Waals surface area contributed by atoms with E-state index in [1.54, 1.807) is 0 Å². The molecule has 1 fully saturated rings. The zero-order valence-electron chi connectivity index (χ0n) is 11.4. The lowest BCUT2D eigenvalue weighted by Crippen LogP contribution is -1.99. The summed E-state index contributed by atoms with van der Waals surface area (Å²) >= 11 is 0. The van der Waals surface area contributed by atoms with Crippen molar-refractivity contribution in [1.82, 2.24) is 0 Å². The highest BCUT2D eigenvalue weighted by Gasteiger charge is 2.20. The summed E-state index contributed by atoms with van der Waals surface area (Å²) in [4.78, 5) is 0. The molecule has 0 radical (unpaired) electrons. The Hall–Kier alpha value is -2.85. The molecule has 1 aliphatic rings. The Balaban J connectivity index is 0.000000161. The molecule has 0 spiro atoms. The molecule has 2 aromatic rings. The average molecular weight is 279 g/mol. The van der Waals surface area contributed by atoms with Gasteiger partial charge >= 0.3 is 0 Å². The van der Waals surface area contributed by atoms with Crippen LogP contribution in [0.3, 0.4) is 0 Å². The van der Waals surface area contributed by atoms with Crippen molar-refractivity contribution in [3.63, 3.8) is 0 Å². The van der Waals surface area contributed by atoms with E-state index in [2.05, 4.69) is 11.4 Å². The van der Waals surface area contributed by atoms with Crippen LogP contribution in [0.15, 0.2) is 48.5 Å². The minimum absolute atomic E-state index is 0.311. The number of nitriles is 2. The molecule has 0 atom stereocenters. The number of nitrogens with one attached hydrogen (secondary N) is 1. The third-order valence-corrected chi connectivity index (χ3v) is 2.94. The van der Waals surface area contributed by atoms with E-state index in [0.717, 1.165) is 11.3 Å². The SMILES string of the molecule is N#Cc1ccc(F)cc1.N#Cc1ccc(NC2CC2)cc1. The van der Waals surface area contributed by atoms with Crippen molar-refractivity contribution < 1.29 is 4.39 Å². The molecule has 0 bridgehead atoms. The smallest absolute Gasteiger partial charge is 0.123 e. The zero-order valence-corrected chi connectivity index (χ0v) is 11.4. The molecule has 3 rings (SSSR count). The minimum Gasteiger partial charge on any atom is -0.382 e. The average Bonchev–Trinajstić information content (AvgIpc) is 3.33. The Morgan fingerprint density at radius 2 is 1.33 bits per heavy atom. The van der Waals surface area contributed by atoms with E-state index in [1.165, 1.54) is 37.1 Å². The molecule has 4 heteroatoms. The standard InChI is InChI=1S/C10H10N2.C7H4FN/c11-7-8-1-3-9(4-2-8)12-10-5-6-10;8-7-3-1-6(5-9)2-4-7/h1-4,10,12H,5-6H2;1-4H. The minimum atomic E-state index is -0.311. The Bertz CT molecular complexity index is 659. The van der Waals surface area contributed by atoms with Gasteiger partial charge in [0.1, 0.15) is 5.82 Å². The molecule has 0 aromatic heterocycles. The molecule has 1 aliphatic carbocycles. The number of halogens is 1. The van der Waals surface area contributed by atoms with E-state index >= 15 is 0 Å². The van der Waals surface area contributed by atoms with Gasteiger partial charge in [-0.05, 0) is 61.4 Å². The topological polar surface area (TPSA) is 59.6 Å². The van der Waals surface area contributed by atoms with Crippen LogP contribution in [-0.4, -0.2) is 6.04 Å². The maximum Gasteiger partial charge on any atom is 0.123 e. The van der Waals surface area contributed by atoms with Gasteiger partial charge in [0.25, 0.3) is 0 Å². The number of hydrogen-bond donors (Lipinski definition) is 1. The first-order valence-corrected chi connectivity index (χ1v) is 6.63. The highest BCUT2D eigenvalue weighted by Crippen LogP contribution is 2.24. The maximum atomic E-state index is 12.1. The zero-order chi connectivity index (χ0) is 15.1. The first-order valence-electron chi connectivity index (χ1n) is 6.63. The van der Waals surface area contributed by atoms with Gasteiger partial charge in [-0.1, -0.05) is 0 Å². The van der Waals surface area contributed by atoms with Crippen LogP contribution >= 0.6 is 0 Å². The Kier molecular flexibility index (Phi) is 4.90.